The van der Waals surface area contributed by atoms with Crippen LogP contribution < -0.4 is 5.32 Å². The molecule has 0 aromatic heterocycles. The zero-order valence-electron chi connectivity index (χ0n) is 23.9. The van der Waals surface area contributed by atoms with Crippen LogP contribution in [0.3, 0.4) is 0 Å². The Morgan fingerprint density at radius 2 is 1.55 bits per heavy atom. The number of amides is 2. The highest BCUT2D eigenvalue weighted by Gasteiger charge is 2.33. The van der Waals surface area contributed by atoms with Gasteiger partial charge in [-0.2, -0.15) is 4.31 Å². The summed E-state index contributed by atoms with van der Waals surface area (Å²) in [6.45, 7) is 2.16. The second kappa shape index (κ2) is 14.4. The van der Waals surface area contributed by atoms with E-state index in [2.05, 4.69) is 5.32 Å². The molecule has 0 aliphatic carbocycles. The third kappa shape index (κ3) is 7.97. The van der Waals surface area contributed by atoms with Gasteiger partial charge >= 0.3 is 0 Å². The summed E-state index contributed by atoms with van der Waals surface area (Å²) >= 11 is 6.25. The van der Waals surface area contributed by atoms with Gasteiger partial charge in [0.25, 0.3) is 0 Å². The summed E-state index contributed by atoms with van der Waals surface area (Å²) in [6.07, 6.45) is 1.98. The fourth-order valence-electron chi connectivity index (χ4n) is 4.77. The minimum Gasteiger partial charge on any atom is -0.354 e. The Morgan fingerprint density at radius 1 is 0.857 bits per heavy atom. The van der Waals surface area contributed by atoms with E-state index in [4.69, 9.17) is 11.6 Å². The maximum atomic E-state index is 14.0. The smallest absolute Gasteiger partial charge is 0.243 e. The molecule has 0 radical (unpaired) electrons. The molecule has 1 atom stereocenters. The SMILES string of the molecule is CCCCNC(=O)C(Cc1ccccc1)N(Cc1cccc(Cl)c1)C(=O)CN(C)S(=O)(=O)c1ccc2ccccc2c1. The van der Waals surface area contributed by atoms with Crippen molar-refractivity contribution in [3.8, 4) is 0 Å². The van der Waals surface area contributed by atoms with Crippen LogP contribution in [0.1, 0.15) is 30.9 Å². The van der Waals surface area contributed by atoms with Crippen molar-refractivity contribution in [1.29, 1.82) is 0 Å². The molecule has 0 heterocycles. The van der Waals surface area contributed by atoms with Crippen molar-refractivity contribution in [1.82, 2.24) is 14.5 Å². The van der Waals surface area contributed by atoms with Gasteiger partial charge in [-0.3, -0.25) is 9.59 Å². The van der Waals surface area contributed by atoms with E-state index < -0.39 is 28.5 Å². The monoisotopic (exact) mass is 605 g/mol. The predicted octanol–water partition coefficient (Wildman–Crippen LogP) is 5.67. The summed E-state index contributed by atoms with van der Waals surface area (Å²) in [7, 11) is -2.61. The molecule has 0 saturated carbocycles. The average Bonchev–Trinajstić information content (AvgIpc) is 2.99. The molecular formula is C33H36ClN3O4S. The van der Waals surface area contributed by atoms with Gasteiger partial charge in [-0.05, 0) is 52.6 Å². The molecule has 0 spiro atoms. The lowest BCUT2D eigenvalue weighted by molar-refractivity contribution is -0.141. The molecule has 4 aromatic carbocycles. The fraction of sp³-hybridized carbons (Fsp3) is 0.273. The molecule has 42 heavy (non-hydrogen) atoms. The molecule has 4 aromatic rings. The Bertz CT molecular complexity index is 1630. The lowest BCUT2D eigenvalue weighted by atomic mass is 10.0. The summed E-state index contributed by atoms with van der Waals surface area (Å²) in [4.78, 5) is 29.2. The molecule has 1 unspecified atom stereocenters. The first-order valence-corrected chi connectivity index (χ1v) is 15.8. The van der Waals surface area contributed by atoms with Gasteiger partial charge in [0.15, 0.2) is 0 Å². The van der Waals surface area contributed by atoms with E-state index in [1.165, 1.54) is 11.9 Å². The highest BCUT2D eigenvalue weighted by molar-refractivity contribution is 7.89. The zero-order valence-corrected chi connectivity index (χ0v) is 25.4. The zero-order chi connectivity index (χ0) is 30.1. The lowest BCUT2D eigenvalue weighted by Gasteiger charge is -2.32. The van der Waals surface area contributed by atoms with Crippen molar-refractivity contribution in [3.05, 3.63) is 113 Å². The number of benzene rings is 4. The van der Waals surface area contributed by atoms with Crippen LogP contribution in [-0.4, -0.2) is 55.6 Å². The maximum absolute atomic E-state index is 14.0. The number of sulfonamides is 1. The predicted molar refractivity (Wildman–Crippen MR) is 168 cm³/mol. The van der Waals surface area contributed by atoms with Crippen molar-refractivity contribution in [2.45, 2.75) is 43.7 Å². The third-order valence-corrected chi connectivity index (χ3v) is 9.16. The Kier molecular flexibility index (Phi) is 10.7. The summed E-state index contributed by atoms with van der Waals surface area (Å²) in [5, 5.41) is 5.18. The molecule has 7 nitrogen and oxygen atoms in total. The number of fused-ring (bicyclic) bond motifs is 1. The van der Waals surface area contributed by atoms with Crippen molar-refractivity contribution >= 4 is 44.2 Å². The van der Waals surface area contributed by atoms with Gasteiger partial charge in [0.2, 0.25) is 21.8 Å². The van der Waals surface area contributed by atoms with E-state index in [-0.39, 0.29) is 23.8 Å². The normalized spacial score (nSPS) is 12.3. The molecule has 4 rings (SSSR count). The van der Waals surface area contributed by atoms with Crippen LogP contribution in [0.25, 0.3) is 10.8 Å². The number of nitrogens with zero attached hydrogens (tertiary/aromatic N) is 2. The number of nitrogens with one attached hydrogen (secondary N) is 1. The average molecular weight is 606 g/mol. The van der Waals surface area contributed by atoms with Crippen LogP contribution in [0.4, 0.5) is 0 Å². The fourth-order valence-corrected chi connectivity index (χ4v) is 6.14. The molecule has 0 saturated heterocycles. The van der Waals surface area contributed by atoms with Gasteiger partial charge in [-0.15, -0.1) is 0 Å². The van der Waals surface area contributed by atoms with E-state index >= 15 is 0 Å². The van der Waals surface area contributed by atoms with E-state index in [9.17, 15) is 18.0 Å². The van der Waals surface area contributed by atoms with Crippen molar-refractivity contribution < 1.29 is 18.0 Å². The van der Waals surface area contributed by atoms with E-state index in [0.29, 0.717) is 11.6 Å². The first-order chi connectivity index (χ1) is 20.2. The number of halogens is 1. The standard InChI is InChI=1S/C33H36ClN3O4S/c1-3-4-19-35-33(39)31(21-25-11-6-5-7-12-25)37(23-26-13-10-16-29(34)20-26)32(38)24-36(2)42(40,41)30-18-17-27-14-8-9-15-28(27)22-30/h5-18,20,22,31H,3-4,19,21,23-24H2,1-2H3,(H,35,39). The molecule has 0 aliphatic rings. The summed E-state index contributed by atoms with van der Waals surface area (Å²) < 4.78 is 28.2. The minimum absolute atomic E-state index is 0.0853. The number of likely N-dealkylation sites (N-methyl/N-ethyl adjacent to an activating group) is 1. The maximum Gasteiger partial charge on any atom is 0.243 e. The molecule has 1 N–H and O–H groups in total. The molecule has 220 valence electrons. The van der Waals surface area contributed by atoms with Crippen LogP contribution in [0.5, 0.6) is 0 Å². The summed E-state index contributed by atoms with van der Waals surface area (Å²) in [5.41, 5.74) is 1.62. The van der Waals surface area contributed by atoms with Gasteiger partial charge in [0, 0.05) is 31.6 Å². The molecular weight excluding hydrogens is 570 g/mol. The second-order valence-electron chi connectivity index (χ2n) is 10.3. The van der Waals surface area contributed by atoms with Gasteiger partial charge in [0.1, 0.15) is 6.04 Å². The Morgan fingerprint density at radius 3 is 2.26 bits per heavy atom. The van der Waals surface area contributed by atoms with Gasteiger partial charge in [-0.25, -0.2) is 8.42 Å². The first-order valence-electron chi connectivity index (χ1n) is 14.0. The summed E-state index contributed by atoms with van der Waals surface area (Å²) in [6, 6.07) is 28.1. The highest BCUT2D eigenvalue weighted by atomic mass is 35.5. The van der Waals surface area contributed by atoms with Crippen molar-refractivity contribution in [2.24, 2.45) is 0 Å². The molecule has 0 fully saturated rings. The quantitative estimate of drug-likeness (QED) is 0.199. The second-order valence-corrected chi connectivity index (χ2v) is 12.8. The third-order valence-electron chi connectivity index (χ3n) is 7.13. The topological polar surface area (TPSA) is 86.8 Å². The van der Waals surface area contributed by atoms with Crippen LogP contribution in [0.2, 0.25) is 5.02 Å². The number of hydrogen-bond donors (Lipinski definition) is 1. The highest BCUT2D eigenvalue weighted by Crippen LogP contribution is 2.23. The Labute approximate surface area is 253 Å². The lowest BCUT2D eigenvalue weighted by Crippen LogP contribution is -2.53. The van der Waals surface area contributed by atoms with Crippen molar-refractivity contribution in [2.75, 3.05) is 20.1 Å². The van der Waals surface area contributed by atoms with Gasteiger partial charge in [-0.1, -0.05) is 97.7 Å². The first kappa shape index (κ1) is 31.2. The summed E-state index contributed by atoms with van der Waals surface area (Å²) in [5.74, 6) is -0.781. The van der Waals surface area contributed by atoms with Crippen LogP contribution in [0.15, 0.2) is 102 Å². The van der Waals surface area contributed by atoms with E-state index in [1.807, 2.05) is 67.6 Å². The Balaban J connectivity index is 1.66. The van der Waals surface area contributed by atoms with E-state index in [1.54, 1.807) is 36.4 Å². The molecule has 0 bridgehead atoms. The number of carbonyl (C=O) groups excluding carboxylic acids is 2. The molecule has 2 amide bonds. The minimum atomic E-state index is -4.00. The largest absolute Gasteiger partial charge is 0.354 e. The number of unbranched alkanes of at least 4 members (excludes halogenated alkanes) is 1. The molecule has 9 heteroatoms. The van der Waals surface area contributed by atoms with Crippen LogP contribution >= 0.6 is 11.6 Å². The van der Waals surface area contributed by atoms with E-state index in [0.717, 1.165) is 39.0 Å². The van der Waals surface area contributed by atoms with Crippen LogP contribution in [0, 0.1) is 0 Å². The number of hydrogen-bond acceptors (Lipinski definition) is 4. The van der Waals surface area contributed by atoms with Gasteiger partial charge < -0.3 is 10.2 Å². The number of rotatable bonds is 13. The Hall–Kier alpha value is -3.72. The van der Waals surface area contributed by atoms with Gasteiger partial charge in [0.05, 0.1) is 11.4 Å². The molecule has 0 aliphatic heterocycles. The van der Waals surface area contributed by atoms with Crippen molar-refractivity contribution in [3.63, 3.8) is 0 Å². The number of carbonyl (C=O) groups is 2. The van der Waals surface area contributed by atoms with Crippen LogP contribution in [-0.2, 0) is 32.6 Å².